The highest BCUT2D eigenvalue weighted by molar-refractivity contribution is 6.42. The molecule has 2 aromatic carbocycles. The van der Waals surface area contributed by atoms with Crippen LogP contribution in [0.15, 0.2) is 48.8 Å². The van der Waals surface area contributed by atoms with Gasteiger partial charge in [-0.3, -0.25) is 0 Å². The minimum atomic E-state index is -0.253. The third kappa shape index (κ3) is 4.46. The van der Waals surface area contributed by atoms with Crippen LogP contribution in [0.3, 0.4) is 0 Å². The van der Waals surface area contributed by atoms with Crippen molar-refractivity contribution < 1.29 is 0 Å². The van der Waals surface area contributed by atoms with Gasteiger partial charge in [-0.05, 0) is 36.2 Å². The smallest absolute Gasteiger partial charge is 0.130 e. The molecule has 0 spiro atoms. The van der Waals surface area contributed by atoms with Gasteiger partial charge >= 0.3 is 0 Å². The lowest BCUT2D eigenvalue weighted by atomic mass is 10.1. The Morgan fingerprint density at radius 1 is 0.962 bits per heavy atom. The second kappa shape index (κ2) is 8.23. The Kier molecular flexibility index (Phi) is 5.99. The Morgan fingerprint density at radius 3 is 2.50 bits per heavy atom. The summed E-state index contributed by atoms with van der Waals surface area (Å²) in [6.45, 7) is 2.45. The number of nitrogens with two attached hydrogens (primary N) is 1. The van der Waals surface area contributed by atoms with Gasteiger partial charge < -0.3 is 11.1 Å². The molecule has 1 aromatic heterocycles. The van der Waals surface area contributed by atoms with Gasteiger partial charge in [-0.15, -0.1) is 0 Å². The average Bonchev–Trinajstić information content (AvgIpc) is 2.64. The normalized spacial score (nSPS) is 12.0. The van der Waals surface area contributed by atoms with Gasteiger partial charge in [0.25, 0.3) is 0 Å². The van der Waals surface area contributed by atoms with Crippen LogP contribution in [0.4, 0.5) is 5.82 Å². The quantitative estimate of drug-likeness (QED) is 0.584. The molecule has 3 N–H and O–H groups in total. The predicted molar refractivity (Wildman–Crippen MR) is 109 cm³/mol. The van der Waals surface area contributed by atoms with Crippen molar-refractivity contribution in [2.45, 2.75) is 13.0 Å². The molecule has 134 valence electrons. The summed E-state index contributed by atoms with van der Waals surface area (Å²) in [6, 6.07) is 12.8. The van der Waals surface area contributed by atoms with E-state index < -0.39 is 0 Å². The number of hydrogen-bond acceptors (Lipinski definition) is 4. The van der Waals surface area contributed by atoms with E-state index in [4.69, 9.17) is 40.5 Å². The summed E-state index contributed by atoms with van der Waals surface area (Å²) in [6.07, 6.45) is 1.51. The fraction of sp³-hybridized carbons (Fsp3) is 0.158. The van der Waals surface area contributed by atoms with Gasteiger partial charge in [-0.2, -0.15) is 0 Å². The maximum absolute atomic E-state index is 6.22. The number of nitrogens with one attached hydrogen (secondary N) is 1. The predicted octanol–water partition coefficient (Wildman–Crippen LogP) is 5.52. The fourth-order valence-corrected chi connectivity index (χ4v) is 2.93. The second-order valence-corrected chi connectivity index (χ2v) is 7.13. The van der Waals surface area contributed by atoms with E-state index in [-0.39, 0.29) is 6.04 Å². The van der Waals surface area contributed by atoms with Crippen LogP contribution < -0.4 is 11.1 Å². The molecular weight excluding hydrogens is 391 g/mol. The molecule has 0 bridgehead atoms. The van der Waals surface area contributed by atoms with Crippen LogP contribution in [-0.2, 0) is 0 Å². The minimum Gasteiger partial charge on any atom is -0.368 e. The van der Waals surface area contributed by atoms with E-state index in [1.807, 2.05) is 37.3 Å². The Bertz CT molecular complexity index is 930. The van der Waals surface area contributed by atoms with Crippen molar-refractivity contribution in [1.29, 1.82) is 0 Å². The lowest BCUT2D eigenvalue weighted by molar-refractivity contribution is 0.761. The topological polar surface area (TPSA) is 63.8 Å². The molecule has 0 aliphatic heterocycles. The van der Waals surface area contributed by atoms with Crippen LogP contribution in [0.1, 0.15) is 17.2 Å². The van der Waals surface area contributed by atoms with E-state index >= 15 is 0 Å². The zero-order chi connectivity index (χ0) is 18.7. The molecule has 26 heavy (non-hydrogen) atoms. The van der Waals surface area contributed by atoms with E-state index in [9.17, 15) is 0 Å². The summed E-state index contributed by atoms with van der Waals surface area (Å²) in [5, 5.41) is 4.93. The molecule has 0 aliphatic rings. The molecule has 3 rings (SSSR count). The molecule has 4 nitrogen and oxygen atoms in total. The number of aromatic nitrogens is 2. The Labute approximate surface area is 167 Å². The van der Waals surface area contributed by atoms with Gasteiger partial charge in [0.1, 0.15) is 12.1 Å². The summed E-state index contributed by atoms with van der Waals surface area (Å²) in [5.41, 5.74) is 9.86. The van der Waals surface area contributed by atoms with Crippen molar-refractivity contribution in [3.8, 4) is 11.3 Å². The number of hydrogen-bond donors (Lipinski definition) is 2. The first-order valence-electron chi connectivity index (χ1n) is 7.97. The second-order valence-electron chi connectivity index (χ2n) is 5.91. The van der Waals surface area contributed by atoms with Crippen LogP contribution in [0.5, 0.6) is 0 Å². The van der Waals surface area contributed by atoms with Crippen molar-refractivity contribution in [3.63, 3.8) is 0 Å². The molecule has 0 radical (unpaired) electrons. The van der Waals surface area contributed by atoms with E-state index in [0.717, 1.165) is 22.4 Å². The molecule has 0 amide bonds. The maximum Gasteiger partial charge on any atom is 0.130 e. The summed E-state index contributed by atoms with van der Waals surface area (Å²) >= 11 is 18.2. The summed E-state index contributed by atoms with van der Waals surface area (Å²) in [5.74, 6) is 0.683. The van der Waals surface area contributed by atoms with Crippen LogP contribution in [0.2, 0.25) is 15.1 Å². The Balaban J connectivity index is 1.72. The highest BCUT2D eigenvalue weighted by Crippen LogP contribution is 2.26. The lowest BCUT2D eigenvalue weighted by Crippen LogP contribution is -2.21. The van der Waals surface area contributed by atoms with E-state index in [1.165, 1.54) is 6.33 Å². The monoisotopic (exact) mass is 406 g/mol. The first-order chi connectivity index (χ1) is 12.4. The van der Waals surface area contributed by atoms with Crippen molar-refractivity contribution >= 4 is 40.6 Å². The van der Waals surface area contributed by atoms with E-state index in [0.29, 0.717) is 27.4 Å². The molecule has 0 unspecified atom stereocenters. The molecule has 0 saturated heterocycles. The lowest BCUT2D eigenvalue weighted by Gasteiger charge is -2.14. The van der Waals surface area contributed by atoms with Crippen molar-refractivity contribution in [3.05, 3.63) is 75.0 Å². The standard InChI is InChI=1S/C19H17Cl3N4/c1-11-2-3-13(7-15(11)21)18-8-19(26-10-25-18)24-9-17(23)12-4-5-14(20)16(22)6-12/h2-8,10,17H,9,23H2,1H3,(H,24,25,26)/t17-/m0/s1. The SMILES string of the molecule is Cc1ccc(-c2cc(NC[C@H](N)c3ccc(Cl)c(Cl)c3)ncn2)cc1Cl. The number of nitrogens with zero attached hydrogens (tertiary/aromatic N) is 2. The molecule has 3 aromatic rings. The van der Waals surface area contributed by atoms with Crippen molar-refractivity contribution in [1.82, 2.24) is 9.97 Å². The van der Waals surface area contributed by atoms with Gasteiger partial charge in [0.05, 0.1) is 15.7 Å². The number of aryl methyl sites for hydroxylation is 1. The van der Waals surface area contributed by atoms with Gasteiger partial charge in [-0.25, -0.2) is 9.97 Å². The summed E-state index contributed by atoms with van der Waals surface area (Å²) < 4.78 is 0. The molecule has 1 atom stereocenters. The number of anilines is 1. The number of halogens is 3. The van der Waals surface area contributed by atoms with Gasteiger partial charge in [0.15, 0.2) is 0 Å². The van der Waals surface area contributed by atoms with Crippen LogP contribution in [0, 0.1) is 6.92 Å². The largest absolute Gasteiger partial charge is 0.368 e. The van der Waals surface area contributed by atoms with Crippen molar-refractivity contribution in [2.24, 2.45) is 5.73 Å². The molecule has 1 heterocycles. The van der Waals surface area contributed by atoms with Crippen LogP contribution in [0.25, 0.3) is 11.3 Å². The fourth-order valence-electron chi connectivity index (χ4n) is 2.44. The maximum atomic E-state index is 6.22. The average molecular weight is 408 g/mol. The van der Waals surface area contributed by atoms with Crippen molar-refractivity contribution in [2.75, 3.05) is 11.9 Å². The summed E-state index contributed by atoms with van der Waals surface area (Å²) in [7, 11) is 0. The van der Waals surface area contributed by atoms with Crippen LogP contribution >= 0.6 is 34.8 Å². The Morgan fingerprint density at radius 2 is 1.77 bits per heavy atom. The highest BCUT2D eigenvalue weighted by Gasteiger charge is 2.10. The third-order valence-corrected chi connectivity index (χ3v) is 5.16. The highest BCUT2D eigenvalue weighted by atomic mass is 35.5. The minimum absolute atomic E-state index is 0.253. The number of rotatable bonds is 5. The molecule has 0 saturated carbocycles. The number of benzene rings is 2. The Hall–Kier alpha value is -1.85. The van der Waals surface area contributed by atoms with E-state index in [1.54, 1.807) is 12.1 Å². The zero-order valence-electron chi connectivity index (χ0n) is 14.0. The molecule has 0 aliphatic carbocycles. The molecule has 0 fully saturated rings. The summed E-state index contributed by atoms with van der Waals surface area (Å²) in [4.78, 5) is 8.56. The first-order valence-corrected chi connectivity index (χ1v) is 9.10. The molecular formula is C19H17Cl3N4. The van der Waals surface area contributed by atoms with Gasteiger partial charge in [0, 0.05) is 29.2 Å². The van der Waals surface area contributed by atoms with Gasteiger partial charge in [0.2, 0.25) is 0 Å². The molecule has 7 heteroatoms. The first kappa shape index (κ1) is 18.9. The third-order valence-electron chi connectivity index (χ3n) is 4.01. The van der Waals surface area contributed by atoms with Gasteiger partial charge in [-0.1, -0.05) is 53.0 Å². The van der Waals surface area contributed by atoms with E-state index in [2.05, 4.69) is 15.3 Å². The van der Waals surface area contributed by atoms with Crippen LogP contribution in [-0.4, -0.2) is 16.5 Å². The zero-order valence-corrected chi connectivity index (χ0v) is 16.3.